The van der Waals surface area contributed by atoms with Crippen molar-refractivity contribution in [1.29, 1.82) is 0 Å². The van der Waals surface area contributed by atoms with Gasteiger partial charge < -0.3 is 15.5 Å². The first-order valence-corrected chi connectivity index (χ1v) is 6.62. The topological polar surface area (TPSA) is 45.1 Å². The Bertz CT molecular complexity index is 371. The Morgan fingerprint density at radius 3 is 2.78 bits per heavy atom. The summed E-state index contributed by atoms with van der Waals surface area (Å²) in [6.45, 7) is 2.49. The normalized spacial score (nSPS) is 10.7. The number of aryl methyl sites for hydroxylation is 1. The van der Waals surface area contributed by atoms with Crippen molar-refractivity contribution in [3.63, 3.8) is 0 Å². The van der Waals surface area contributed by atoms with Gasteiger partial charge >= 0.3 is 0 Å². The Kier molecular flexibility index (Phi) is 6.38. The van der Waals surface area contributed by atoms with Crippen LogP contribution in [0, 0.1) is 0 Å². The first kappa shape index (κ1) is 15.2. The predicted molar refractivity (Wildman–Crippen MR) is 78.8 cm³/mol. The average Bonchev–Trinajstić information content (AvgIpc) is 2.62. The fraction of sp³-hybridized carbons (Fsp3) is 0.636. The van der Waals surface area contributed by atoms with Crippen molar-refractivity contribution in [3.05, 3.63) is 16.9 Å². The zero-order valence-electron chi connectivity index (χ0n) is 11.0. The smallest absolute Gasteiger partial charge is 0.166 e. The first-order valence-electron chi connectivity index (χ1n) is 5.83. The number of halogens is 1. The minimum Gasteiger partial charge on any atom is -0.363 e. The van der Waals surface area contributed by atoms with Gasteiger partial charge in [-0.15, -0.1) is 0 Å². The van der Waals surface area contributed by atoms with Crippen LogP contribution in [0.4, 0.5) is 0 Å². The van der Waals surface area contributed by atoms with Crippen LogP contribution in [0.25, 0.3) is 0 Å². The molecule has 0 fully saturated rings. The highest BCUT2D eigenvalue weighted by Gasteiger charge is 2.06. The number of hydrogen-bond donors (Lipinski definition) is 2. The molecule has 0 aliphatic rings. The van der Waals surface area contributed by atoms with Gasteiger partial charge in [-0.3, -0.25) is 4.68 Å². The molecule has 0 radical (unpaired) electrons. The van der Waals surface area contributed by atoms with Crippen molar-refractivity contribution in [2.24, 2.45) is 7.05 Å². The molecule has 0 amide bonds. The summed E-state index contributed by atoms with van der Waals surface area (Å²) in [7, 11) is 5.97. The van der Waals surface area contributed by atoms with E-state index in [0.29, 0.717) is 16.7 Å². The number of nitrogens with zero attached hydrogens (tertiary/aromatic N) is 3. The lowest BCUT2D eigenvalue weighted by Gasteiger charge is -2.12. The average molecular weight is 290 g/mol. The van der Waals surface area contributed by atoms with E-state index >= 15 is 0 Å². The number of rotatable bonds is 6. The molecule has 18 heavy (non-hydrogen) atoms. The molecule has 7 heteroatoms. The fourth-order valence-corrected chi connectivity index (χ4v) is 1.87. The molecule has 0 saturated heterocycles. The van der Waals surface area contributed by atoms with Crippen molar-refractivity contribution in [2.45, 2.75) is 13.0 Å². The Hall–Kier alpha value is -0.850. The first-order chi connectivity index (χ1) is 8.50. The van der Waals surface area contributed by atoms with Gasteiger partial charge in [-0.25, -0.2) is 0 Å². The van der Waals surface area contributed by atoms with Gasteiger partial charge in [0.25, 0.3) is 0 Å². The third-order valence-corrected chi connectivity index (χ3v) is 3.10. The molecule has 0 aromatic carbocycles. The van der Waals surface area contributed by atoms with Crippen molar-refractivity contribution in [3.8, 4) is 0 Å². The maximum absolute atomic E-state index is 6.00. The van der Waals surface area contributed by atoms with Crippen LogP contribution in [0.3, 0.4) is 0 Å². The highest BCUT2D eigenvalue weighted by molar-refractivity contribution is 7.80. The third kappa shape index (κ3) is 5.20. The highest BCUT2D eigenvalue weighted by atomic mass is 35.5. The second-order valence-corrected chi connectivity index (χ2v) is 5.14. The van der Waals surface area contributed by atoms with Gasteiger partial charge in [-0.05, 0) is 39.3 Å². The maximum atomic E-state index is 6.00. The minimum atomic E-state index is 0.578. The van der Waals surface area contributed by atoms with E-state index in [1.54, 1.807) is 10.9 Å². The summed E-state index contributed by atoms with van der Waals surface area (Å²) in [5, 5.41) is 11.6. The minimum absolute atomic E-state index is 0.578. The summed E-state index contributed by atoms with van der Waals surface area (Å²) in [5.74, 6) is 0. The lowest BCUT2D eigenvalue weighted by molar-refractivity contribution is 0.400. The molecule has 0 atom stereocenters. The van der Waals surface area contributed by atoms with Crippen LogP contribution < -0.4 is 10.6 Å². The van der Waals surface area contributed by atoms with E-state index in [1.165, 1.54) is 0 Å². The summed E-state index contributed by atoms with van der Waals surface area (Å²) in [6.07, 6.45) is 2.69. The number of hydrogen-bond acceptors (Lipinski definition) is 3. The number of thiocarbonyl (C=S) groups is 1. The van der Waals surface area contributed by atoms with Crippen LogP contribution in [0.1, 0.15) is 12.1 Å². The lowest BCUT2D eigenvalue weighted by atomic mass is 10.4. The monoisotopic (exact) mass is 289 g/mol. The van der Waals surface area contributed by atoms with Crippen LogP contribution >= 0.6 is 23.8 Å². The molecule has 1 rings (SSSR count). The number of nitrogens with one attached hydrogen (secondary N) is 2. The second kappa shape index (κ2) is 7.56. The molecular weight excluding hydrogens is 270 g/mol. The van der Waals surface area contributed by atoms with Crippen LogP contribution in [0.2, 0.25) is 5.02 Å². The molecule has 0 aliphatic carbocycles. The van der Waals surface area contributed by atoms with Crippen molar-refractivity contribution >= 4 is 28.9 Å². The van der Waals surface area contributed by atoms with Crippen LogP contribution in [0.5, 0.6) is 0 Å². The Morgan fingerprint density at radius 2 is 2.22 bits per heavy atom. The standard InChI is InChI=1S/C11H20ClN5S/c1-16(2)6-4-5-13-11(18)14-8-10-9(12)7-15-17(10)3/h7H,4-6,8H2,1-3H3,(H2,13,14,18). The van der Waals surface area contributed by atoms with Crippen molar-refractivity contribution < 1.29 is 0 Å². The number of aromatic nitrogens is 2. The molecule has 0 aliphatic heterocycles. The Balaban J connectivity index is 2.21. The van der Waals surface area contributed by atoms with Crippen molar-refractivity contribution in [1.82, 2.24) is 25.3 Å². The van der Waals surface area contributed by atoms with E-state index in [9.17, 15) is 0 Å². The molecule has 2 N–H and O–H groups in total. The van der Waals surface area contributed by atoms with Crippen molar-refractivity contribution in [2.75, 3.05) is 27.2 Å². The molecule has 0 unspecified atom stereocenters. The van der Waals surface area contributed by atoms with E-state index < -0.39 is 0 Å². The van der Waals surface area contributed by atoms with E-state index in [-0.39, 0.29) is 0 Å². The van der Waals surface area contributed by atoms with Gasteiger partial charge in [0.1, 0.15) is 0 Å². The summed E-state index contributed by atoms with van der Waals surface area (Å²) < 4.78 is 1.74. The van der Waals surface area contributed by atoms with Crippen LogP contribution in [0.15, 0.2) is 6.20 Å². The summed E-state index contributed by atoms with van der Waals surface area (Å²) in [5.41, 5.74) is 0.925. The summed E-state index contributed by atoms with van der Waals surface area (Å²) >= 11 is 11.2. The Labute approximate surface area is 118 Å². The van der Waals surface area contributed by atoms with E-state index in [4.69, 9.17) is 23.8 Å². The largest absolute Gasteiger partial charge is 0.363 e. The molecule has 1 aromatic rings. The molecular formula is C11H20ClN5S. The Morgan fingerprint density at radius 1 is 1.50 bits per heavy atom. The quantitative estimate of drug-likeness (QED) is 0.604. The fourth-order valence-electron chi connectivity index (χ4n) is 1.46. The second-order valence-electron chi connectivity index (χ2n) is 4.33. The van der Waals surface area contributed by atoms with Gasteiger partial charge in [0.2, 0.25) is 0 Å². The van der Waals surface area contributed by atoms with E-state index in [1.807, 2.05) is 7.05 Å². The van der Waals surface area contributed by atoms with Gasteiger partial charge in [0, 0.05) is 13.6 Å². The van der Waals surface area contributed by atoms with Gasteiger partial charge in [0.05, 0.1) is 23.5 Å². The van der Waals surface area contributed by atoms with Gasteiger partial charge in [-0.1, -0.05) is 11.6 Å². The van der Waals surface area contributed by atoms with E-state index in [2.05, 4.69) is 34.7 Å². The highest BCUT2D eigenvalue weighted by Crippen LogP contribution is 2.13. The summed E-state index contributed by atoms with van der Waals surface area (Å²) in [6, 6.07) is 0. The predicted octanol–water partition coefficient (Wildman–Crippen LogP) is 0.989. The maximum Gasteiger partial charge on any atom is 0.166 e. The van der Waals surface area contributed by atoms with Crippen LogP contribution in [-0.2, 0) is 13.6 Å². The van der Waals surface area contributed by atoms with Gasteiger partial charge in [0.15, 0.2) is 5.11 Å². The summed E-state index contributed by atoms with van der Waals surface area (Å²) in [4.78, 5) is 2.15. The molecule has 102 valence electrons. The van der Waals surface area contributed by atoms with E-state index in [0.717, 1.165) is 25.2 Å². The molecule has 0 bridgehead atoms. The molecule has 1 heterocycles. The zero-order valence-corrected chi connectivity index (χ0v) is 12.6. The van der Waals surface area contributed by atoms with Crippen LogP contribution in [-0.4, -0.2) is 47.0 Å². The van der Waals surface area contributed by atoms with Gasteiger partial charge in [-0.2, -0.15) is 5.10 Å². The SMILES string of the molecule is CN(C)CCCNC(=S)NCc1c(Cl)cnn1C. The third-order valence-electron chi connectivity index (χ3n) is 2.49. The lowest BCUT2D eigenvalue weighted by Crippen LogP contribution is -2.36. The molecule has 1 aromatic heterocycles. The molecule has 0 saturated carbocycles. The zero-order chi connectivity index (χ0) is 13.5. The molecule has 5 nitrogen and oxygen atoms in total. The molecule has 0 spiro atoms.